The molecule has 264 valence electrons. The maximum absolute atomic E-state index is 13.9. The summed E-state index contributed by atoms with van der Waals surface area (Å²) in [6.45, 7) is 12.4. The number of hydrogen-bond donors (Lipinski definition) is 1. The summed E-state index contributed by atoms with van der Waals surface area (Å²) >= 11 is 0. The Balaban J connectivity index is 1.38. The van der Waals surface area contributed by atoms with Crippen LogP contribution in [0.1, 0.15) is 78.7 Å². The minimum atomic E-state index is -2.85. The average Bonchev–Trinajstić information content (AvgIpc) is 3.63. The summed E-state index contributed by atoms with van der Waals surface area (Å²) in [7, 11) is -2.85. The molecule has 1 N–H and O–H groups in total. The van der Waals surface area contributed by atoms with Crippen LogP contribution in [0.2, 0.25) is 5.04 Å². The third-order valence-corrected chi connectivity index (χ3v) is 16.0. The van der Waals surface area contributed by atoms with E-state index in [1.54, 1.807) is 12.1 Å². The van der Waals surface area contributed by atoms with Crippen LogP contribution >= 0.6 is 0 Å². The van der Waals surface area contributed by atoms with Crippen molar-refractivity contribution < 1.29 is 23.9 Å². The predicted octanol–water partition coefficient (Wildman–Crippen LogP) is 7.66. The van der Waals surface area contributed by atoms with Gasteiger partial charge in [-0.2, -0.15) is 0 Å². The molecule has 2 heterocycles. The van der Waals surface area contributed by atoms with Gasteiger partial charge in [-0.25, -0.2) is 0 Å². The SMILES string of the molecule is CCC/C(=C\c1ccc(O)cc1)CC[C@H]1OC[C@H]2C1=C(CO[Si](c1ccccc1)(c1ccccc1)C(C)(C)C)C[C@H]1C(=O)N(CCC)C(=O)[C@H]12. The second-order valence-corrected chi connectivity index (χ2v) is 19.6. The van der Waals surface area contributed by atoms with E-state index in [0.29, 0.717) is 26.2 Å². The maximum Gasteiger partial charge on any atom is 0.261 e. The Bertz CT molecular complexity index is 1670. The number of aromatic hydroxyl groups is 1. The summed E-state index contributed by atoms with van der Waals surface area (Å²) in [5.41, 5.74) is 4.75. The van der Waals surface area contributed by atoms with E-state index in [4.69, 9.17) is 9.16 Å². The second-order valence-electron chi connectivity index (χ2n) is 15.3. The number of phenols is 1. The number of amides is 2. The smallest absolute Gasteiger partial charge is 0.261 e. The topological polar surface area (TPSA) is 76.1 Å². The summed E-state index contributed by atoms with van der Waals surface area (Å²) in [5, 5.41) is 12.0. The molecule has 2 fully saturated rings. The minimum Gasteiger partial charge on any atom is -0.508 e. The summed E-state index contributed by atoms with van der Waals surface area (Å²) in [6.07, 6.45) is 7.05. The lowest BCUT2D eigenvalue weighted by atomic mass is 9.69. The maximum atomic E-state index is 13.9. The number of imide groups is 1. The van der Waals surface area contributed by atoms with E-state index in [1.807, 2.05) is 19.1 Å². The minimum absolute atomic E-state index is 0.0283. The number of likely N-dealkylation sites (tertiary alicyclic amines) is 1. The van der Waals surface area contributed by atoms with Gasteiger partial charge in [-0.1, -0.05) is 125 Å². The third-order valence-electron chi connectivity index (χ3n) is 11.0. The molecule has 0 spiro atoms. The van der Waals surface area contributed by atoms with Crippen molar-refractivity contribution in [3.8, 4) is 5.75 Å². The highest BCUT2D eigenvalue weighted by molar-refractivity contribution is 6.99. The van der Waals surface area contributed by atoms with Crippen LogP contribution in [0.5, 0.6) is 5.75 Å². The number of carbonyl (C=O) groups excluding carboxylic acids is 2. The number of ether oxygens (including phenoxy) is 1. The van der Waals surface area contributed by atoms with Gasteiger partial charge in [0.25, 0.3) is 8.32 Å². The van der Waals surface area contributed by atoms with Gasteiger partial charge >= 0.3 is 0 Å². The third kappa shape index (κ3) is 6.92. The molecule has 2 saturated heterocycles. The van der Waals surface area contributed by atoms with Crippen LogP contribution in [0.4, 0.5) is 0 Å². The van der Waals surface area contributed by atoms with Crippen LogP contribution in [0.15, 0.2) is 102 Å². The molecular weight excluding hydrogens is 639 g/mol. The molecule has 1 aliphatic carbocycles. The lowest BCUT2D eigenvalue weighted by molar-refractivity contribution is -0.140. The van der Waals surface area contributed by atoms with Crippen molar-refractivity contribution in [1.82, 2.24) is 4.90 Å². The summed E-state index contributed by atoms with van der Waals surface area (Å²) in [4.78, 5) is 29.2. The van der Waals surface area contributed by atoms with E-state index in [-0.39, 0.29) is 46.5 Å². The monoisotopic (exact) mass is 691 g/mol. The van der Waals surface area contributed by atoms with Crippen molar-refractivity contribution in [3.05, 3.63) is 107 Å². The van der Waals surface area contributed by atoms with E-state index >= 15 is 0 Å². The van der Waals surface area contributed by atoms with E-state index in [2.05, 4.69) is 94.4 Å². The van der Waals surface area contributed by atoms with Crippen LogP contribution < -0.4 is 10.4 Å². The molecule has 4 atom stereocenters. The Morgan fingerprint density at radius 1 is 0.880 bits per heavy atom. The highest BCUT2D eigenvalue weighted by Gasteiger charge is 2.57. The first-order valence-electron chi connectivity index (χ1n) is 18.5. The van der Waals surface area contributed by atoms with E-state index in [0.717, 1.165) is 43.2 Å². The molecule has 0 unspecified atom stereocenters. The predicted molar refractivity (Wildman–Crippen MR) is 203 cm³/mol. The van der Waals surface area contributed by atoms with E-state index in [1.165, 1.54) is 26.4 Å². The zero-order valence-corrected chi connectivity index (χ0v) is 31.4. The van der Waals surface area contributed by atoms with Gasteiger partial charge < -0.3 is 14.3 Å². The fourth-order valence-corrected chi connectivity index (χ4v) is 13.3. The van der Waals surface area contributed by atoms with Gasteiger partial charge in [-0.15, -0.1) is 0 Å². The first-order valence-corrected chi connectivity index (χ1v) is 20.4. The van der Waals surface area contributed by atoms with Crippen molar-refractivity contribution in [2.75, 3.05) is 19.8 Å². The fourth-order valence-electron chi connectivity index (χ4n) is 8.78. The molecule has 3 aromatic rings. The Morgan fingerprint density at radius 2 is 1.52 bits per heavy atom. The Kier molecular flexibility index (Phi) is 11.0. The highest BCUT2D eigenvalue weighted by atomic mass is 28.4. The Labute approximate surface area is 299 Å². The van der Waals surface area contributed by atoms with Crippen molar-refractivity contribution in [1.29, 1.82) is 0 Å². The average molecular weight is 692 g/mol. The van der Waals surface area contributed by atoms with Crippen LogP contribution in [0, 0.1) is 17.8 Å². The van der Waals surface area contributed by atoms with Gasteiger partial charge in [-0.05, 0) is 76.4 Å². The summed E-state index contributed by atoms with van der Waals surface area (Å²) in [5.74, 6) is -0.655. The Hall–Kier alpha value is -3.78. The van der Waals surface area contributed by atoms with Gasteiger partial charge in [0.1, 0.15) is 5.75 Å². The molecule has 0 saturated carbocycles. The van der Waals surface area contributed by atoms with Gasteiger partial charge in [-0.3, -0.25) is 14.5 Å². The molecular formula is C43H53NO5Si. The lowest BCUT2D eigenvalue weighted by Crippen LogP contribution is -2.66. The zero-order chi connectivity index (χ0) is 35.5. The number of hydrogen-bond acceptors (Lipinski definition) is 5. The molecule has 2 amide bonds. The van der Waals surface area contributed by atoms with Crippen LogP contribution in [0.3, 0.4) is 0 Å². The summed E-state index contributed by atoms with van der Waals surface area (Å²) < 4.78 is 14.1. The standard InChI is InChI=1S/C43H53NO5Si/c1-6-14-30(26-31-19-22-33(45)23-20-31)21-24-38-39-32(27-36-40(37(39)29-48-38)42(47)44(25-7-2)41(36)46)28-49-50(43(3,4)5,34-15-10-8-11-16-34)35-17-12-9-13-18-35/h8-13,15-20,22-23,26,36-38,40,45H,6-7,14,21,24-25,27-29H2,1-5H3/b30-26+/t36-,37+,38-,40-/m1/s1. The van der Waals surface area contributed by atoms with Crippen LogP contribution in [-0.2, 0) is 18.8 Å². The lowest BCUT2D eigenvalue weighted by Gasteiger charge is -2.44. The normalized spacial score (nSPS) is 22.7. The molecule has 6 rings (SSSR count). The van der Waals surface area contributed by atoms with Crippen LogP contribution in [-0.4, -0.2) is 56.0 Å². The van der Waals surface area contributed by atoms with Gasteiger partial charge in [0.15, 0.2) is 0 Å². The van der Waals surface area contributed by atoms with Gasteiger partial charge in [0.05, 0.1) is 31.2 Å². The van der Waals surface area contributed by atoms with E-state index < -0.39 is 8.32 Å². The Morgan fingerprint density at radius 3 is 2.10 bits per heavy atom. The van der Waals surface area contributed by atoms with E-state index in [9.17, 15) is 14.7 Å². The molecule has 3 aliphatic rings. The van der Waals surface area contributed by atoms with Gasteiger partial charge in [0.2, 0.25) is 11.8 Å². The number of nitrogens with zero attached hydrogens (tertiary/aromatic N) is 1. The first kappa shape index (κ1) is 36.0. The first-order chi connectivity index (χ1) is 24.1. The molecule has 0 radical (unpaired) electrons. The quantitative estimate of drug-likeness (QED) is 0.113. The molecule has 3 aromatic carbocycles. The number of phenolic OH excluding ortho intramolecular Hbond substituents is 1. The molecule has 7 heteroatoms. The molecule has 0 bridgehead atoms. The molecule has 50 heavy (non-hydrogen) atoms. The summed E-state index contributed by atoms with van der Waals surface area (Å²) in [6, 6.07) is 28.7. The largest absolute Gasteiger partial charge is 0.508 e. The number of fused-ring (bicyclic) bond motifs is 3. The molecule has 0 aromatic heterocycles. The van der Waals surface area contributed by atoms with Gasteiger partial charge in [0, 0.05) is 12.5 Å². The van der Waals surface area contributed by atoms with Crippen molar-refractivity contribution in [2.24, 2.45) is 17.8 Å². The van der Waals surface area contributed by atoms with Crippen molar-refractivity contribution in [3.63, 3.8) is 0 Å². The molecule has 6 nitrogen and oxygen atoms in total. The van der Waals surface area contributed by atoms with Crippen LogP contribution in [0.25, 0.3) is 6.08 Å². The number of benzene rings is 3. The number of allylic oxidation sites excluding steroid dienone is 1. The zero-order valence-electron chi connectivity index (χ0n) is 30.4. The van der Waals surface area contributed by atoms with Crippen molar-refractivity contribution in [2.45, 2.75) is 84.3 Å². The molecule has 2 aliphatic heterocycles. The second kappa shape index (κ2) is 15.2. The highest BCUT2D eigenvalue weighted by Crippen LogP contribution is 2.50. The van der Waals surface area contributed by atoms with Crippen molar-refractivity contribution >= 4 is 36.6 Å². The number of carbonyl (C=O) groups is 2. The number of rotatable bonds is 13. The fraction of sp³-hybridized carbons (Fsp3) is 0.442.